The van der Waals surface area contributed by atoms with Crippen molar-refractivity contribution < 1.29 is 14.3 Å². The van der Waals surface area contributed by atoms with E-state index in [0.717, 1.165) is 30.8 Å². The zero-order valence-corrected chi connectivity index (χ0v) is 14.8. The molecule has 1 heterocycles. The van der Waals surface area contributed by atoms with Crippen LogP contribution in [0, 0.1) is 0 Å². The van der Waals surface area contributed by atoms with Crippen LogP contribution in [0.1, 0.15) is 28.8 Å². The van der Waals surface area contributed by atoms with Crippen molar-refractivity contribution in [1.82, 2.24) is 0 Å². The smallest absolute Gasteiger partial charge is 0.255 e. The lowest BCUT2D eigenvalue weighted by molar-refractivity contribution is 0.0680. The summed E-state index contributed by atoms with van der Waals surface area (Å²) in [7, 11) is 0. The Morgan fingerprint density at radius 3 is 2.72 bits per heavy atom. The first-order valence-corrected chi connectivity index (χ1v) is 8.19. The van der Waals surface area contributed by atoms with Crippen LogP contribution < -0.4 is 15.8 Å². The number of anilines is 1. The van der Waals surface area contributed by atoms with Gasteiger partial charge in [0.2, 0.25) is 0 Å². The van der Waals surface area contributed by atoms with E-state index in [1.807, 2.05) is 36.4 Å². The van der Waals surface area contributed by atoms with Crippen LogP contribution in [0.3, 0.4) is 0 Å². The number of nitrogens with one attached hydrogen (secondary N) is 1. The molecule has 1 atom stereocenters. The predicted octanol–water partition coefficient (Wildman–Crippen LogP) is 3.38. The average Bonchev–Trinajstić information content (AvgIpc) is 3.14. The van der Waals surface area contributed by atoms with Crippen LogP contribution in [0.5, 0.6) is 5.75 Å². The van der Waals surface area contributed by atoms with Crippen LogP contribution in [0.4, 0.5) is 5.69 Å². The van der Waals surface area contributed by atoms with E-state index in [0.29, 0.717) is 24.4 Å². The van der Waals surface area contributed by atoms with Crippen LogP contribution in [-0.4, -0.2) is 25.2 Å². The SMILES string of the molecule is Cl.NCc1ccc(C(=O)Nc2cccc(OCC3CCCO3)c2)cc1. The van der Waals surface area contributed by atoms with E-state index in [9.17, 15) is 4.79 Å². The first-order chi connectivity index (χ1) is 11.7. The van der Waals surface area contributed by atoms with Crippen LogP contribution in [0.25, 0.3) is 0 Å². The number of rotatable bonds is 6. The van der Waals surface area contributed by atoms with Gasteiger partial charge in [-0.15, -0.1) is 12.4 Å². The molecule has 3 N–H and O–H groups in total. The van der Waals surface area contributed by atoms with Crippen molar-refractivity contribution in [3.8, 4) is 5.75 Å². The Bertz CT molecular complexity index is 685. The molecule has 0 aromatic heterocycles. The van der Waals surface area contributed by atoms with E-state index < -0.39 is 0 Å². The molecule has 5 nitrogen and oxygen atoms in total. The fourth-order valence-corrected chi connectivity index (χ4v) is 2.62. The van der Waals surface area contributed by atoms with Gasteiger partial charge in [0.25, 0.3) is 5.91 Å². The molecular weight excluding hydrogens is 340 g/mol. The summed E-state index contributed by atoms with van der Waals surface area (Å²) in [6.45, 7) is 1.82. The number of benzene rings is 2. The largest absolute Gasteiger partial charge is 0.491 e. The van der Waals surface area contributed by atoms with Gasteiger partial charge in [0.1, 0.15) is 12.4 Å². The van der Waals surface area contributed by atoms with Gasteiger partial charge in [-0.25, -0.2) is 0 Å². The van der Waals surface area contributed by atoms with Crippen LogP contribution in [0.2, 0.25) is 0 Å². The zero-order valence-electron chi connectivity index (χ0n) is 13.9. The summed E-state index contributed by atoms with van der Waals surface area (Å²) < 4.78 is 11.3. The molecule has 6 heteroatoms. The number of nitrogens with two attached hydrogens (primary N) is 1. The maximum absolute atomic E-state index is 12.3. The molecule has 25 heavy (non-hydrogen) atoms. The highest BCUT2D eigenvalue weighted by atomic mass is 35.5. The van der Waals surface area contributed by atoms with E-state index in [4.69, 9.17) is 15.2 Å². The summed E-state index contributed by atoms with van der Waals surface area (Å²) in [5.74, 6) is 0.566. The summed E-state index contributed by atoms with van der Waals surface area (Å²) in [6, 6.07) is 14.7. The number of hydrogen-bond acceptors (Lipinski definition) is 4. The van der Waals surface area contributed by atoms with E-state index in [2.05, 4.69) is 5.32 Å². The highest BCUT2D eigenvalue weighted by Crippen LogP contribution is 2.20. The van der Waals surface area contributed by atoms with E-state index in [1.54, 1.807) is 12.1 Å². The Morgan fingerprint density at radius 2 is 2.04 bits per heavy atom. The second kappa shape index (κ2) is 9.42. The fourth-order valence-electron chi connectivity index (χ4n) is 2.62. The minimum Gasteiger partial charge on any atom is -0.491 e. The molecule has 2 aromatic carbocycles. The van der Waals surface area contributed by atoms with Gasteiger partial charge in [0.15, 0.2) is 0 Å². The molecule has 0 bridgehead atoms. The van der Waals surface area contributed by atoms with Crippen LogP contribution in [0.15, 0.2) is 48.5 Å². The lowest BCUT2D eigenvalue weighted by Crippen LogP contribution is -2.16. The minimum absolute atomic E-state index is 0. The molecule has 1 unspecified atom stereocenters. The lowest BCUT2D eigenvalue weighted by atomic mass is 10.1. The van der Waals surface area contributed by atoms with Crippen molar-refractivity contribution in [1.29, 1.82) is 0 Å². The fraction of sp³-hybridized carbons (Fsp3) is 0.316. The second-order valence-electron chi connectivity index (χ2n) is 5.83. The van der Waals surface area contributed by atoms with Gasteiger partial charge < -0.3 is 20.5 Å². The molecule has 0 saturated carbocycles. The van der Waals surface area contributed by atoms with Crippen molar-refractivity contribution in [3.05, 3.63) is 59.7 Å². The summed E-state index contributed by atoms with van der Waals surface area (Å²) >= 11 is 0. The normalized spacial score (nSPS) is 16.1. The third-order valence-electron chi connectivity index (χ3n) is 4.00. The van der Waals surface area contributed by atoms with Gasteiger partial charge in [-0.3, -0.25) is 4.79 Å². The third kappa shape index (κ3) is 5.46. The van der Waals surface area contributed by atoms with Gasteiger partial charge in [0, 0.05) is 30.5 Å². The maximum Gasteiger partial charge on any atom is 0.255 e. The Kier molecular flexibility index (Phi) is 7.25. The standard InChI is InChI=1S/C19H22N2O3.ClH/c20-12-14-6-8-15(9-7-14)19(22)21-16-3-1-4-17(11-16)24-13-18-5-2-10-23-18;/h1,3-4,6-9,11,18H,2,5,10,12-13,20H2,(H,21,22);1H. The minimum atomic E-state index is -0.158. The first kappa shape index (κ1) is 19.2. The van der Waals surface area contributed by atoms with Crippen LogP contribution >= 0.6 is 12.4 Å². The molecular formula is C19H23ClN2O3. The number of amides is 1. The van der Waals surface area contributed by atoms with E-state index >= 15 is 0 Å². The molecule has 3 rings (SSSR count). The van der Waals surface area contributed by atoms with Crippen molar-refractivity contribution in [2.75, 3.05) is 18.5 Å². The third-order valence-corrected chi connectivity index (χ3v) is 4.00. The molecule has 1 aliphatic rings. The van der Waals surface area contributed by atoms with E-state index in [1.165, 1.54) is 0 Å². The van der Waals surface area contributed by atoms with Gasteiger partial charge in [-0.2, -0.15) is 0 Å². The second-order valence-corrected chi connectivity index (χ2v) is 5.83. The number of halogens is 1. The van der Waals surface area contributed by atoms with E-state index in [-0.39, 0.29) is 24.4 Å². The number of ether oxygens (including phenoxy) is 2. The molecule has 1 aliphatic heterocycles. The van der Waals surface area contributed by atoms with Gasteiger partial charge in [0.05, 0.1) is 6.10 Å². The average molecular weight is 363 g/mol. The Morgan fingerprint density at radius 1 is 1.24 bits per heavy atom. The van der Waals surface area contributed by atoms with Gasteiger partial charge in [-0.1, -0.05) is 18.2 Å². The van der Waals surface area contributed by atoms with Crippen molar-refractivity contribution >= 4 is 24.0 Å². The summed E-state index contributed by atoms with van der Waals surface area (Å²) in [5.41, 5.74) is 7.86. The molecule has 1 amide bonds. The van der Waals surface area contributed by atoms with Crippen molar-refractivity contribution in [3.63, 3.8) is 0 Å². The lowest BCUT2D eigenvalue weighted by Gasteiger charge is -2.12. The molecule has 0 spiro atoms. The summed E-state index contributed by atoms with van der Waals surface area (Å²) in [5, 5.41) is 2.88. The number of hydrogen-bond donors (Lipinski definition) is 2. The molecule has 134 valence electrons. The molecule has 0 aliphatic carbocycles. The molecule has 1 fully saturated rings. The number of carbonyl (C=O) groups is 1. The quantitative estimate of drug-likeness (QED) is 0.826. The van der Waals surface area contributed by atoms with Crippen molar-refractivity contribution in [2.45, 2.75) is 25.5 Å². The Balaban J connectivity index is 0.00000225. The topological polar surface area (TPSA) is 73.6 Å². The Labute approximate surface area is 153 Å². The van der Waals surface area contributed by atoms with Crippen molar-refractivity contribution in [2.24, 2.45) is 5.73 Å². The van der Waals surface area contributed by atoms with Gasteiger partial charge >= 0.3 is 0 Å². The molecule has 2 aromatic rings. The first-order valence-electron chi connectivity index (χ1n) is 8.19. The highest BCUT2D eigenvalue weighted by Gasteiger charge is 2.16. The monoisotopic (exact) mass is 362 g/mol. The number of carbonyl (C=O) groups excluding carboxylic acids is 1. The summed E-state index contributed by atoms with van der Waals surface area (Å²) in [4.78, 5) is 12.3. The van der Waals surface area contributed by atoms with Gasteiger partial charge in [-0.05, 0) is 42.7 Å². The zero-order chi connectivity index (χ0) is 16.8. The molecule has 0 radical (unpaired) electrons. The Hall–Kier alpha value is -2.08. The molecule has 1 saturated heterocycles. The predicted molar refractivity (Wildman–Crippen MR) is 100 cm³/mol. The van der Waals surface area contributed by atoms with Crippen LogP contribution in [-0.2, 0) is 11.3 Å². The summed E-state index contributed by atoms with van der Waals surface area (Å²) in [6.07, 6.45) is 2.30. The maximum atomic E-state index is 12.3. The highest BCUT2D eigenvalue weighted by molar-refractivity contribution is 6.04.